The molecule has 0 heterocycles. The number of para-hydroxylation sites is 1. The number of sulfonamides is 1. The summed E-state index contributed by atoms with van der Waals surface area (Å²) in [5.74, 6) is 0.228. The second-order valence-corrected chi connectivity index (χ2v) is 8.24. The van der Waals surface area contributed by atoms with E-state index in [1.54, 1.807) is 36.4 Å². The van der Waals surface area contributed by atoms with Gasteiger partial charge in [-0.1, -0.05) is 38.1 Å². The van der Waals surface area contributed by atoms with Crippen LogP contribution in [0, 0.1) is 5.92 Å². The van der Waals surface area contributed by atoms with Gasteiger partial charge in [0.1, 0.15) is 0 Å². The molecule has 0 bridgehead atoms. The number of nitrogens with one attached hydrogen (secondary N) is 1. The Bertz CT molecular complexity index is 818. The number of hydrogen-bond acceptors (Lipinski definition) is 3. The fourth-order valence-corrected chi connectivity index (χ4v) is 3.55. The van der Waals surface area contributed by atoms with E-state index in [0.29, 0.717) is 23.7 Å². The monoisotopic (exact) mass is 360 g/mol. The molecule has 0 spiro atoms. The molecule has 0 saturated heterocycles. The minimum absolute atomic E-state index is 0.0929. The SMILES string of the molecule is CC(C)CCNC(=O)c1cccc(S(=O)(=O)N(C)c2ccccc2)c1. The van der Waals surface area contributed by atoms with Crippen molar-refractivity contribution >= 4 is 21.6 Å². The Morgan fingerprint density at radius 1 is 1.08 bits per heavy atom. The van der Waals surface area contributed by atoms with E-state index in [9.17, 15) is 13.2 Å². The number of hydrogen-bond donors (Lipinski definition) is 1. The van der Waals surface area contributed by atoms with Crippen LogP contribution in [0.1, 0.15) is 30.6 Å². The quantitative estimate of drug-likeness (QED) is 0.824. The van der Waals surface area contributed by atoms with Crippen LogP contribution in [0.3, 0.4) is 0 Å². The third-order valence-electron chi connectivity index (χ3n) is 3.88. The lowest BCUT2D eigenvalue weighted by Crippen LogP contribution is -2.28. The number of amides is 1. The lowest BCUT2D eigenvalue weighted by atomic mass is 10.1. The molecular weight excluding hydrogens is 336 g/mol. The van der Waals surface area contributed by atoms with E-state index in [2.05, 4.69) is 19.2 Å². The zero-order valence-corrected chi connectivity index (χ0v) is 15.6. The van der Waals surface area contributed by atoms with Crippen LogP contribution in [-0.4, -0.2) is 27.9 Å². The first-order valence-electron chi connectivity index (χ1n) is 8.24. The molecule has 2 rings (SSSR count). The summed E-state index contributed by atoms with van der Waals surface area (Å²) in [6, 6.07) is 14.9. The summed E-state index contributed by atoms with van der Waals surface area (Å²) in [6.45, 7) is 4.73. The van der Waals surface area contributed by atoms with Gasteiger partial charge in [0, 0.05) is 19.2 Å². The summed E-state index contributed by atoms with van der Waals surface area (Å²) >= 11 is 0. The third-order valence-corrected chi connectivity index (χ3v) is 5.66. The Balaban J connectivity index is 2.21. The molecule has 0 aliphatic rings. The maximum absolute atomic E-state index is 12.8. The predicted octanol–water partition coefficient (Wildman–Crippen LogP) is 3.29. The Kier molecular flexibility index (Phi) is 6.20. The van der Waals surface area contributed by atoms with Gasteiger partial charge >= 0.3 is 0 Å². The lowest BCUT2D eigenvalue weighted by Gasteiger charge is -2.19. The highest BCUT2D eigenvalue weighted by atomic mass is 32.2. The highest BCUT2D eigenvalue weighted by molar-refractivity contribution is 7.92. The van der Waals surface area contributed by atoms with Crippen LogP contribution >= 0.6 is 0 Å². The van der Waals surface area contributed by atoms with Crippen LogP contribution in [0.5, 0.6) is 0 Å². The Labute approximate surface area is 149 Å². The average Bonchev–Trinajstić information content (AvgIpc) is 2.61. The van der Waals surface area contributed by atoms with E-state index in [-0.39, 0.29) is 10.8 Å². The molecule has 0 aliphatic carbocycles. The first kappa shape index (κ1) is 19.0. The van der Waals surface area contributed by atoms with Crippen LogP contribution in [0.2, 0.25) is 0 Å². The minimum Gasteiger partial charge on any atom is -0.352 e. The van der Waals surface area contributed by atoms with Crippen molar-refractivity contribution in [2.45, 2.75) is 25.2 Å². The van der Waals surface area contributed by atoms with Crippen LogP contribution in [-0.2, 0) is 10.0 Å². The number of nitrogens with zero attached hydrogens (tertiary/aromatic N) is 1. The molecule has 0 radical (unpaired) electrons. The zero-order chi connectivity index (χ0) is 18.4. The van der Waals surface area contributed by atoms with Crippen molar-refractivity contribution in [1.82, 2.24) is 5.32 Å². The van der Waals surface area contributed by atoms with Gasteiger partial charge in [-0.2, -0.15) is 0 Å². The van der Waals surface area contributed by atoms with Crippen LogP contribution in [0.15, 0.2) is 59.5 Å². The second-order valence-electron chi connectivity index (χ2n) is 6.27. The number of carbonyl (C=O) groups is 1. The van der Waals surface area contributed by atoms with Gasteiger partial charge in [0.25, 0.3) is 15.9 Å². The fraction of sp³-hybridized carbons (Fsp3) is 0.316. The Hall–Kier alpha value is -2.34. The molecule has 25 heavy (non-hydrogen) atoms. The maximum atomic E-state index is 12.8. The van der Waals surface area contributed by atoms with E-state index in [1.165, 1.54) is 23.5 Å². The number of carbonyl (C=O) groups excluding carboxylic acids is 1. The number of rotatable bonds is 7. The molecule has 1 amide bonds. The first-order chi connectivity index (χ1) is 11.8. The standard InChI is InChI=1S/C19H24N2O3S/c1-15(2)12-13-20-19(22)16-8-7-11-18(14-16)25(23,24)21(3)17-9-5-4-6-10-17/h4-11,14-15H,12-13H2,1-3H3,(H,20,22). The van der Waals surface area contributed by atoms with Gasteiger partial charge in [0.05, 0.1) is 10.6 Å². The first-order valence-corrected chi connectivity index (χ1v) is 9.68. The van der Waals surface area contributed by atoms with Gasteiger partial charge in [-0.15, -0.1) is 0 Å². The van der Waals surface area contributed by atoms with Gasteiger partial charge in [0.2, 0.25) is 0 Å². The zero-order valence-electron chi connectivity index (χ0n) is 14.8. The van der Waals surface area contributed by atoms with Gasteiger partial charge in [-0.3, -0.25) is 9.10 Å². The average molecular weight is 360 g/mol. The van der Waals surface area contributed by atoms with Crippen molar-refractivity contribution in [3.8, 4) is 0 Å². The van der Waals surface area contributed by atoms with E-state index < -0.39 is 10.0 Å². The Morgan fingerprint density at radius 3 is 2.40 bits per heavy atom. The van der Waals surface area contributed by atoms with E-state index in [4.69, 9.17) is 0 Å². The lowest BCUT2D eigenvalue weighted by molar-refractivity contribution is 0.0952. The van der Waals surface area contributed by atoms with Crippen LogP contribution < -0.4 is 9.62 Å². The summed E-state index contributed by atoms with van der Waals surface area (Å²) in [5, 5.41) is 2.82. The summed E-state index contributed by atoms with van der Waals surface area (Å²) < 4.78 is 26.8. The molecule has 0 aromatic heterocycles. The molecule has 6 heteroatoms. The molecule has 2 aromatic carbocycles. The van der Waals surface area contributed by atoms with Crippen molar-refractivity contribution < 1.29 is 13.2 Å². The minimum atomic E-state index is -3.73. The predicted molar refractivity (Wildman–Crippen MR) is 100 cm³/mol. The van der Waals surface area contributed by atoms with Crippen LogP contribution in [0.4, 0.5) is 5.69 Å². The number of anilines is 1. The fourth-order valence-electron chi connectivity index (χ4n) is 2.31. The van der Waals surface area contributed by atoms with Gasteiger partial charge < -0.3 is 5.32 Å². The number of benzene rings is 2. The van der Waals surface area contributed by atoms with Crippen molar-refractivity contribution in [3.63, 3.8) is 0 Å². The smallest absolute Gasteiger partial charge is 0.264 e. The van der Waals surface area contributed by atoms with Crippen molar-refractivity contribution in [2.24, 2.45) is 5.92 Å². The van der Waals surface area contributed by atoms with Crippen molar-refractivity contribution in [1.29, 1.82) is 0 Å². The maximum Gasteiger partial charge on any atom is 0.264 e. The molecule has 2 aromatic rings. The highest BCUT2D eigenvalue weighted by Gasteiger charge is 2.22. The van der Waals surface area contributed by atoms with Crippen molar-refractivity contribution in [3.05, 3.63) is 60.2 Å². The molecule has 0 fully saturated rings. The molecule has 0 aliphatic heterocycles. The summed E-state index contributed by atoms with van der Waals surface area (Å²) in [6.07, 6.45) is 0.875. The summed E-state index contributed by atoms with van der Waals surface area (Å²) in [7, 11) is -2.23. The van der Waals surface area contributed by atoms with Crippen molar-refractivity contribution in [2.75, 3.05) is 17.9 Å². The normalized spacial score (nSPS) is 11.4. The third kappa shape index (κ3) is 4.82. The van der Waals surface area contributed by atoms with Gasteiger partial charge in [0.15, 0.2) is 0 Å². The van der Waals surface area contributed by atoms with E-state index in [1.807, 2.05) is 6.07 Å². The van der Waals surface area contributed by atoms with E-state index >= 15 is 0 Å². The molecule has 0 atom stereocenters. The van der Waals surface area contributed by atoms with Gasteiger partial charge in [-0.25, -0.2) is 8.42 Å². The summed E-state index contributed by atoms with van der Waals surface area (Å²) in [4.78, 5) is 12.3. The molecule has 134 valence electrons. The topological polar surface area (TPSA) is 66.5 Å². The molecule has 1 N–H and O–H groups in total. The molecular formula is C19H24N2O3S. The largest absolute Gasteiger partial charge is 0.352 e. The van der Waals surface area contributed by atoms with Gasteiger partial charge in [-0.05, 0) is 42.7 Å². The van der Waals surface area contributed by atoms with E-state index in [0.717, 1.165) is 6.42 Å². The molecule has 0 unspecified atom stereocenters. The van der Waals surface area contributed by atoms with Crippen LogP contribution in [0.25, 0.3) is 0 Å². The molecule has 0 saturated carbocycles. The molecule has 5 nitrogen and oxygen atoms in total. The second kappa shape index (κ2) is 8.16. The summed E-state index contributed by atoms with van der Waals surface area (Å²) in [5.41, 5.74) is 0.903. The highest BCUT2D eigenvalue weighted by Crippen LogP contribution is 2.22. The Morgan fingerprint density at radius 2 is 1.76 bits per heavy atom.